The molecule has 0 aromatic heterocycles. The van der Waals surface area contributed by atoms with Gasteiger partial charge in [-0.3, -0.25) is 0 Å². The first-order chi connectivity index (χ1) is 9.81. The molecule has 1 unspecified atom stereocenters. The number of piperidine rings is 2. The molecule has 2 aliphatic heterocycles. The minimum Gasteiger partial charge on any atom is -0.317 e. The van der Waals surface area contributed by atoms with Crippen molar-refractivity contribution in [2.45, 2.75) is 70.9 Å². The highest BCUT2D eigenvalue weighted by Gasteiger charge is 2.27. The summed E-state index contributed by atoms with van der Waals surface area (Å²) in [5.41, 5.74) is 0. The largest absolute Gasteiger partial charge is 0.317 e. The molecule has 20 heavy (non-hydrogen) atoms. The molecule has 0 aromatic carbocycles. The van der Waals surface area contributed by atoms with E-state index in [1.165, 1.54) is 77.7 Å². The third-order valence-electron chi connectivity index (χ3n) is 5.25. The van der Waals surface area contributed by atoms with Gasteiger partial charge in [0.15, 0.2) is 0 Å². The van der Waals surface area contributed by atoms with Crippen LogP contribution in [0.15, 0.2) is 0 Å². The topological polar surface area (TPSA) is 18.5 Å². The summed E-state index contributed by atoms with van der Waals surface area (Å²) in [6.07, 6.45) is 9.79. The van der Waals surface area contributed by atoms with E-state index >= 15 is 0 Å². The van der Waals surface area contributed by atoms with Gasteiger partial charge in [-0.25, -0.2) is 0 Å². The number of rotatable bonds is 7. The van der Waals surface area contributed by atoms with Gasteiger partial charge < -0.3 is 15.1 Å². The first kappa shape index (κ1) is 16.3. The fraction of sp³-hybridized carbons (Fsp3) is 1.00. The highest BCUT2D eigenvalue weighted by molar-refractivity contribution is 4.83. The van der Waals surface area contributed by atoms with E-state index in [0.29, 0.717) is 0 Å². The van der Waals surface area contributed by atoms with Crippen LogP contribution in [0.2, 0.25) is 0 Å². The molecule has 0 radical (unpaired) electrons. The molecule has 2 fully saturated rings. The number of nitrogens with zero attached hydrogens (tertiary/aromatic N) is 2. The van der Waals surface area contributed by atoms with Crippen LogP contribution in [0.1, 0.15) is 58.8 Å². The van der Waals surface area contributed by atoms with E-state index < -0.39 is 0 Å². The van der Waals surface area contributed by atoms with Gasteiger partial charge in [0.1, 0.15) is 0 Å². The first-order valence-electron chi connectivity index (χ1n) is 9.00. The zero-order valence-corrected chi connectivity index (χ0v) is 13.7. The van der Waals surface area contributed by atoms with E-state index in [1.54, 1.807) is 0 Å². The Bertz CT molecular complexity index is 243. The minimum absolute atomic E-state index is 0.774. The standard InChI is InChI=1S/C17H35N3/c1-3-18-11-7-8-16(2)19-14-9-17(10-15-19)20-12-5-4-6-13-20/h16-18H,3-15H2,1-2H3. The van der Waals surface area contributed by atoms with E-state index in [2.05, 4.69) is 29.0 Å². The Labute approximate surface area is 126 Å². The van der Waals surface area contributed by atoms with E-state index in [4.69, 9.17) is 0 Å². The first-order valence-corrected chi connectivity index (χ1v) is 9.00. The van der Waals surface area contributed by atoms with Crippen LogP contribution in [-0.4, -0.2) is 61.2 Å². The van der Waals surface area contributed by atoms with Crippen molar-refractivity contribution < 1.29 is 0 Å². The minimum atomic E-state index is 0.774. The molecule has 3 heteroatoms. The molecule has 0 amide bonds. The quantitative estimate of drug-likeness (QED) is 0.724. The lowest BCUT2D eigenvalue weighted by Gasteiger charge is -2.42. The van der Waals surface area contributed by atoms with Gasteiger partial charge in [0.25, 0.3) is 0 Å². The molecule has 1 N–H and O–H groups in total. The zero-order valence-electron chi connectivity index (χ0n) is 13.7. The molecule has 2 saturated heterocycles. The van der Waals surface area contributed by atoms with Crippen LogP contribution in [0.25, 0.3) is 0 Å². The van der Waals surface area contributed by atoms with Crippen molar-refractivity contribution in [2.24, 2.45) is 0 Å². The summed E-state index contributed by atoms with van der Waals surface area (Å²) < 4.78 is 0. The van der Waals surface area contributed by atoms with Crippen LogP contribution in [0.3, 0.4) is 0 Å². The van der Waals surface area contributed by atoms with Crippen LogP contribution in [0, 0.1) is 0 Å². The third kappa shape index (κ3) is 5.01. The zero-order chi connectivity index (χ0) is 14.2. The van der Waals surface area contributed by atoms with Crippen molar-refractivity contribution in [1.82, 2.24) is 15.1 Å². The fourth-order valence-corrected chi connectivity index (χ4v) is 3.86. The number of nitrogens with one attached hydrogen (secondary N) is 1. The maximum absolute atomic E-state index is 3.43. The predicted octanol–water partition coefficient (Wildman–Crippen LogP) is 2.71. The highest BCUT2D eigenvalue weighted by atomic mass is 15.2. The molecule has 2 heterocycles. The summed E-state index contributed by atoms with van der Waals surface area (Å²) in [4.78, 5) is 5.50. The summed E-state index contributed by atoms with van der Waals surface area (Å²) in [7, 11) is 0. The summed E-state index contributed by atoms with van der Waals surface area (Å²) in [5.74, 6) is 0. The molecule has 3 nitrogen and oxygen atoms in total. The van der Waals surface area contributed by atoms with Gasteiger partial charge in [-0.15, -0.1) is 0 Å². The Kier molecular flexibility index (Phi) is 7.32. The number of hydrogen-bond donors (Lipinski definition) is 1. The average Bonchev–Trinajstić information content (AvgIpc) is 2.52. The van der Waals surface area contributed by atoms with Crippen molar-refractivity contribution in [3.05, 3.63) is 0 Å². The van der Waals surface area contributed by atoms with Crippen LogP contribution in [0.5, 0.6) is 0 Å². The molecule has 118 valence electrons. The molecular formula is C17H35N3. The maximum Gasteiger partial charge on any atom is 0.0120 e. The Morgan fingerprint density at radius 2 is 1.75 bits per heavy atom. The molecule has 0 bridgehead atoms. The molecular weight excluding hydrogens is 246 g/mol. The van der Waals surface area contributed by atoms with E-state index in [0.717, 1.165) is 18.6 Å². The lowest BCUT2D eigenvalue weighted by Crippen LogP contribution is -2.48. The molecule has 0 aliphatic carbocycles. The highest BCUT2D eigenvalue weighted by Crippen LogP contribution is 2.22. The smallest absolute Gasteiger partial charge is 0.0120 e. The molecule has 0 spiro atoms. The summed E-state index contributed by atoms with van der Waals surface area (Å²) in [5, 5.41) is 3.43. The Balaban J connectivity index is 1.62. The van der Waals surface area contributed by atoms with Crippen molar-refractivity contribution >= 4 is 0 Å². The van der Waals surface area contributed by atoms with Gasteiger partial charge in [0.05, 0.1) is 0 Å². The van der Waals surface area contributed by atoms with Crippen molar-refractivity contribution in [3.8, 4) is 0 Å². The SMILES string of the molecule is CCNCCCC(C)N1CCC(N2CCCCC2)CC1. The predicted molar refractivity (Wildman–Crippen MR) is 87.3 cm³/mol. The van der Waals surface area contributed by atoms with Gasteiger partial charge in [-0.1, -0.05) is 13.3 Å². The summed E-state index contributed by atoms with van der Waals surface area (Å²) >= 11 is 0. The van der Waals surface area contributed by atoms with Gasteiger partial charge in [-0.05, 0) is 84.7 Å². The van der Waals surface area contributed by atoms with Crippen molar-refractivity contribution in [2.75, 3.05) is 39.3 Å². The van der Waals surface area contributed by atoms with Crippen LogP contribution in [0.4, 0.5) is 0 Å². The average molecular weight is 281 g/mol. The molecule has 0 aromatic rings. The van der Waals surface area contributed by atoms with Gasteiger partial charge in [0, 0.05) is 12.1 Å². The second-order valence-electron chi connectivity index (χ2n) is 6.71. The van der Waals surface area contributed by atoms with E-state index in [9.17, 15) is 0 Å². The Morgan fingerprint density at radius 1 is 1.05 bits per heavy atom. The van der Waals surface area contributed by atoms with Gasteiger partial charge in [-0.2, -0.15) is 0 Å². The van der Waals surface area contributed by atoms with Gasteiger partial charge in [0.2, 0.25) is 0 Å². The summed E-state index contributed by atoms with van der Waals surface area (Å²) in [6.45, 7) is 12.3. The van der Waals surface area contributed by atoms with Crippen molar-refractivity contribution in [1.29, 1.82) is 0 Å². The Morgan fingerprint density at radius 3 is 2.40 bits per heavy atom. The van der Waals surface area contributed by atoms with Crippen LogP contribution < -0.4 is 5.32 Å². The summed E-state index contributed by atoms with van der Waals surface area (Å²) in [6, 6.07) is 1.66. The number of likely N-dealkylation sites (tertiary alicyclic amines) is 2. The third-order valence-corrected chi connectivity index (χ3v) is 5.25. The van der Waals surface area contributed by atoms with Crippen LogP contribution >= 0.6 is 0 Å². The van der Waals surface area contributed by atoms with E-state index in [1.807, 2.05) is 0 Å². The molecule has 2 rings (SSSR count). The second-order valence-corrected chi connectivity index (χ2v) is 6.71. The number of hydrogen-bond acceptors (Lipinski definition) is 3. The van der Waals surface area contributed by atoms with Gasteiger partial charge >= 0.3 is 0 Å². The lowest BCUT2D eigenvalue weighted by molar-refractivity contribution is 0.0735. The lowest BCUT2D eigenvalue weighted by atomic mass is 9.98. The van der Waals surface area contributed by atoms with Crippen molar-refractivity contribution in [3.63, 3.8) is 0 Å². The molecule has 1 atom stereocenters. The molecule has 2 aliphatic rings. The monoisotopic (exact) mass is 281 g/mol. The fourth-order valence-electron chi connectivity index (χ4n) is 3.86. The Hall–Kier alpha value is -0.120. The maximum atomic E-state index is 3.43. The normalized spacial score (nSPS) is 24.9. The van der Waals surface area contributed by atoms with Crippen LogP contribution in [-0.2, 0) is 0 Å². The molecule has 0 saturated carbocycles. The van der Waals surface area contributed by atoms with E-state index in [-0.39, 0.29) is 0 Å². The second kappa shape index (κ2) is 9.01.